The molecule has 2 aliphatic rings. The van der Waals surface area contributed by atoms with Gasteiger partial charge in [-0.25, -0.2) is 9.97 Å². The summed E-state index contributed by atoms with van der Waals surface area (Å²) in [6, 6.07) is 13.0. The number of aromatic nitrogens is 2. The molecule has 5 rings (SSSR count). The van der Waals surface area contributed by atoms with Gasteiger partial charge in [-0.1, -0.05) is 37.1 Å². The zero-order chi connectivity index (χ0) is 18.8. The van der Waals surface area contributed by atoms with Crippen molar-refractivity contribution in [3.05, 3.63) is 47.8 Å². The molecule has 0 atom stereocenters. The van der Waals surface area contributed by atoms with Gasteiger partial charge in [0.2, 0.25) is 0 Å². The molecule has 28 heavy (non-hydrogen) atoms. The van der Waals surface area contributed by atoms with Crippen LogP contribution in [0.2, 0.25) is 0 Å². The van der Waals surface area contributed by atoms with Gasteiger partial charge in [-0.05, 0) is 74.8 Å². The lowest BCUT2D eigenvalue weighted by Gasteiger charge is -2.29. The predicted octanol–water partition coefficient (Wildman–Crippen LogP) is 4.75. The van der Waals surface area contributed by atoms with Gasteiger partial charge in [0.15, 0.2) is 0 Å². The van der Waals surface area contributed by atoms with Gasteiger partial charge < -0.3 is 0 Å². The van der Waals surface area contributed by atoms with Crippen molar-refractivity contribution in [2.24, 2.45) is 0 Å². The first-order valence-electron chi connectivity index (χ1n) is 11.0. The molecule has 3 heterocycles. The largest absolute Gasteiger partial charge is 0.297 e. The van der Waals surface area contributed by atoms with Crippen molar-refractivity contribution in [2.45, 2.75) is 51.6 Å². The second kappa shape index (κ2) is 8.14. The highest BCUT2D eigenvalue weighted by Gasteiger charge is 2.19. The minimum absolute atomic E-state index is 0.943. The summed E-state index contributed by atoms with van der Waals surface area (Å²) in [7, 11) is 0. The topological polar surface area (TPSA) is 32.3 Å². The minimum Gasteiger partial charge on any atom is -0.297 e. The Kier molecular flexibility index (Phi) is 5.24. The monoisotopic (exact) mass is 374 g/mol. The molecule has 2 fully saturated rings. The normalized spacial score (nSPS) is 19.4. The van der Waals surface area contributed by atoms with Crippen LogP contribution in [0.25, 0.3) is 21.8 Å². The SMILES string of the molecule is c1ccc2cc3nc(CN4CCCCC4)c(CN4CCCCC4)nc3cc2c1. The van der Waals surface area contributed by atoms with Crippen molar-refractivity contribution in [3.63, 3.8) is 0 Å². The summed E-state index contributed by atoms with van der Waals surface area (Å²) in [5.74, 6) is 0. The molecule has 4 heteroatoms. The van der Waals surface area contributed by atoms with Crippen molar-refractivity contribution in [3.8, 4) is 0 Å². The lowest BCUT2D eigenvalue weighted by atomic mass is 10.1. The number of hydrogen-bond donors (Lipinski definition) is 0. The second-order valence-electron chi connectivity index (χ2n) is 8.48. The van der Waals surface area contributed by atoms with E-state index in [4.69, 9.17) is 9.97 Å². The van der Waals surface area contributed by atoms with Gasteiger partial charge in [-0.3, -0.25) is 9.80 Å². The standard InChI is InChI=1S/C24H30N4/c1-5-11-27(12-6-1)17-23-24(18-28-13-7-2-8-14-28)26-22-16-20-10-4-3-9-19(20)15-21(22)25-23/h3-4,9-10,15-16H,1-2,5-8,11-14,17-18H2. The van der Waals surface area contributed by atoms with E-state index in [0.29, 0.717) is 0 Å². The molecule has 0 N–H and O–H groups in total. The van der Waals surface area contributed by atoms with E-state index in [-0.39, 0.29) is 0 Å². The molecule has 2 aromatic carbocycles. The molecular weight excluding hydrogens is 344 g/mol. The Morgan fingerprint density at radius 2 is 1.04 bits per heavy atom. The van der Waals surface area contributed by atoms with Crippen molar-refractivity contribution in [2.75, 3.05) is 26.2 Å². The number of likely N-dealkylation sites (tertiary alicyclic amines) is 2. The average Bonchev–Trinajstić information content (AvgIpc) is 2.74. The molecule has 2 aliphatic heterocycles. The van der Waals surface area contributed by atoms with E-state index < -0.39 is 0 Å². The van der Waals surface area contributed by atoms with Crippen LogP contribution < -0.4 is 0 Å². The third kappa shape index (κ3) is 3.89. The van der Waals surface area contributed by atoms with Crippen molar-refractivity contribution in [1.82, 2.24) is 19.8 Å². The van der Waals surface area contributed by atoms with Gasteiger partial charge in [-0.15, -0.1) is 0 Å². The van der Waals surface area contributed by atoms with Crippen LogP contribution in [-0.4, -0.2) is 45.9 Å². The Morgan fingerprint density at radius 1 is 0.607 bits per heavy atom. The molecule has 1 aromatic heterocycles. The quantitative estimate of drug-likeness (QED) is 0.617. The summed E-state index contributed by atoms with van der Waals surface area (Å²) >= 11 is 0. The molecule has 0 aliphatic carbocycles. The Morgan fingerprint density at radius 3 is 1.46 bits per heavy atom. The highest BCUT2D eigenvalue weighted by atomic mass is 15.2. The van der Waals surface area contributed by atoms with E-state index in [1.165, 1.54) is 86.9 Å². The maximum Gasteiger partial charge on any atom is 0.0897 e. The molecule has 146 valence electrons. The summed E-state index contributed by atoms with van der Waals surface area (Å²) in [6.07, 6.45) is 7.99. The Balaban J connectivity index is 1.53. The Labute approximate surface area is 167 Å². The Bertz CT molecular complexity index is 877. The summed E-state index contributed by atoms with van der Waals surface area (Å²) in [5.41, 5.74) is 4.45. The van der Waals surface area contributed by atoms with Crippen molar-refractivity contribution >= 4 is 21.8 Å². The van der Waals surface area contributed by atoms with E-state index in [2.05, 4.69) is 46.2 Å². The third-order valence-electron chi connectivity index (χ3n) is 6.33. The molecular formula is C24H30N4. The highest BCUT2D eigenvalue weighted by Crippen LogP contribution is 2.24. The van der Waals surface area contributed by atoms with Gasteiger partial charge in [0.25, 0.3) is 0 Å². The van der Waals surface area contributed by atoms with Gasteiger partial charge in [0.1, 0.15) is 0 Å². The average molecular weight is 375 g/mol. The second-order valence-corrected chi connectivity index (χ2v) is 8.48. The first kappa shape index (κ1) is 18.0. The van der Waals surface area contributed by atoms with E-state index in [0.717, 1.165) is 24.1 Å². The lowest BCUT2D eigenvalue weighted by molar-refractivity contribution is 0.206. The number of piperidine rings is 2. The van der Waals surface area contributed by atoms with E-state index in [1.807, 2.05) is 0 Å². The number of benzene rings is 2. The molecule has 0 spiro atoms. The van der Waals surface area contributed by atoms with Crippen LogP contribution in [0.15, 0.2) is 36.4 Å². The van der Waals surface area contributed by atoms with Crippen LogP contribution in [0.5, 0.6) is 0 Å². The molecule has 0 bridgehead atoms. The zero-order valence-electron chi connectivity index (χ0n) is 16.7. The lowest BCUT2D eigenvalue weighted by Crippen LogP contribution is -2.32. The highest BCUT2D eigenvalue weighted by molar-refractivity contribution is 5.94. The minimum atomic E-state index is 0.943. The van der Waals surface area contributed by atoms with E-state index in [9.17, 15) is 0 Å². The fraction of sp³-hybridized carbons (Fsp3) is 0.500. The van der Waals surface area contributed by atoms with Gasteiger partial charge >= 0.3 is 0 Å². The van der Waals surface area contributed by atoms with E-state index in [1.54, 1.807) is 0 Å². The van der Waals surface area contributed by atoms with Crippen molar-refractivity contribution < 1.29 is 0 Å². The van der Waals surface area contributed by atoms with Crippen LogP contribution in [0, 0.1) is 0 Å². The van der Waals surface area contributed by atoms with Crippen LogP contribution in [-0.2, 0) is 13.1 Å². The van der Waals surface area contributed by atoms with Crippen LogP contribution in [0.4, 0.5) is 0 Å². The van der Waals surface area contributed by atoms with Gasteiger partial charge in [0, 0.05) is 13.1 Å². The van der Waals surface area contributed by atoms with Crippen LogP contribution >= 0.6 is 0 Å². The molecule has 3 aromatic rings. The fourth-order valence-electron chi connectivity index (χ4n) is 4.73. The predicted molar refractivity (Wildman–Crippen MR) is 115 cm³/mol. The fourth-order valence-corrected chi connectivity index (χ4v) is 4.73. The number of fused-ring (bicyclic) bond motifs is 2. The molecule has 0 amide bonds. The van der Waals surface area contributed by atoms with Crippen molar-refractivity contribution in [1.29, 1.82) is 0 Å². The van der Waals surface area contributed by atoms with E-state index >= 15 is 0 Å². The summed E-state index contributed by atoms with van der Waals surface area (Å²) in [4.78, 5) is 15.4. The van der Waals surface area contributed by atoms with Gasteiger partial charge in [-0.2, -0.15) is 0 Å². The van der Waals surface area contributed by atoms with Crippen LogP contribution in [0.1, 0.15) is 49.9 Å². The van der Waals surface area contributed by atoms with Crippen LogP contribution in [0.3, 0.4) is 0 Å². The molecule has 0 saturated carbocycles. The first-order chi connectivity index (χ1) is 13.8. The molecule has 2 saturated heterocycles. The maximum atomic E-state index is 5.15. The number of rotatable bonds is 4. The molecule has 0 unspecified atom stereocenters. The maximum absolute atomic E-state index is 5.15. The summed E-state index contributed by atoms with van der Waals surface area (Å²) in [6.45, 7) is 6.67. The van der Waals surface area contributed by atoms with Gasteiger partial charge in [0.05, 0.1) is 22.4 Å². The zero-order valence-corrected chi connectivity index (χ0v) is 16.7. The number of hydrogen-bond acceptors (Lipinski definition) is 4. The summed E-state index contributed by atoms with van der Waals surface area (Å²) < 4.78 is 0. The molecule has 0 radical (unpaired) electrons. The molecule has 4 nitrogen and oxygen atoms in total. The Hall–Kier alpha value is -2.04. The first-order valence-corrected chi connectivity index (χ1v) is 11.0. The summed E-state index contributed by atoms with van der Waals surface area (Å²) in [5, 5.41) is 2.49. The smallest absolute Gasteiger partial charge is 0.0897 e. The third-order valence-corrected chi connectivity index (χ3v) is 6.33. The number of nitrogens with zero attached hydrogens (tertiary/aromatic N) is 4.